The Balaban J connectivity index is 1.92. The number of nitrogens with zero attached hydrogens (tertiary/aromatic N) is 4. The van der Waals surface area contributed by atoms with Gasteiger partial charge in [0.1, 0.15) is 16.7 Å². The molecule has 118 valence electrons. The van der Waals surface area contributed by atoms with Crippen molar-refractivity contribution in [2.45, 2.75) is 13.0 Å². The van der Waals surface area contributed by atoms with E-state index in [1.807, 2.05) is 10.8 Å². The normalized spacial score (nSPS) is 19.5. The van der Waals surface area contributed by atoms with Gasteiger partial charge in [-0.25, -0.2) is 4.98 Å². The van der Waals surface area contributed by atoms with Crippen LogP contribution < -0.4 is 9.64 Å². The molecule has 22 heavy (non-hydrogen) atoms. The highest BCUT2D eigenvalue weighted by Gasteiger charge is 2.22. The Hall–Kier alpha value is -1.53. The van der Waals surface area contributed by atoms with Crippen LogP contribution in [-0.2, 0) is 0 Å². The van der Waals surface area contributed by atoms with E-state index >= 15 is 0 Å². The SMILES string of the molecule is COc1cc(N2CCN(C)C[C@@H]2C)ccc1-n1cnc(Br)c1. The van der Waals surface area contributed by atoms with Gasteiger partial charge in [0.25, 0.3) is 0 Å². The molecule has 1 fully saturated rings. The fraction of sp³-hybridized carbons (Fsp3) is 0.438. The quantitative estimate of drug-likeness (QED) is 0.838. The molecule has 5 nitrogen and oxygen atoms in total. The lowest BCUT2D eigenvalue weighted by molar-refractivity contribution is 0.275. The standard InChI is InChI=1S/C16H21BrN4O/c1-12-9-19(2)6-7-21(12)13-4-5-14(15(8-13)22-3)20-10-16(17)18-11-20/h4-5,8,10-12H,6-7,9H2,1-3H3/t12-/m0/s1. The predicted octanol–water partition coefficient (Wildman–Crippen LogP) is 2.78. The first-order valence-electron chi connectivity index (χ1n) is 7.41. The molecule has 3 rings (SSSR count). The number of ether oxygens (including phenoxy) is 1. The van der Waals surface area contributed by atoms with E-state index in [-0.39, 0.29) is 0 Å². The molecule has 0 N–H and O–H groups in total. The molecule has 6 heteroatoms. The molecule has 1 aliphatic heterocycles. The van der Waals surface area contributed by atoms with E-state index in [1.54, 1.807) is 13.4 Å². The van der Waals surface area contributed by atoms with Gasteiger partial charge in [-0.1, -0.05) is 0 Å². The third kappa shape index (κ3) is 2.98. The van der Waals surface area contributed by atoms with E-state index in [9.17, 15) is 0 Å². The zero-order valence-electron chi connectivity index (χ0n) is 13.2. The van der Waals surface area contributed by atoms with Crippen molar-refractivity contribution in [3.63, 3.8) is 0 Å². The number of halogens is 1. The molecule has 2 aromatic rings. The maximum absolute atomic E-state index is 5.60. The molecular formula is C16H21BrN4O. The Morgan fingerprint density at radius 2 is 2.14 bits per heavy atom. The van der Waals surface area contributed by atoms with E-state index in [2.05, 4.69) is 62.9 Å². The molecule has 1 saturated heterocycles. The number of rotatable bonds is 3. The van der Waals surface area contributed by atoms with Crippen LogP contribution in [0.5, 0.6) is 5.75 Å². The van der Waals surface area contributed by atoms with Crippen LogP contribution in [0.3, 0.4) is 0 Å². The summed E-state index contributed by atoms with van der Waals surface area (Å²) in [6, 6.07) is 6.86. The third-order valence-corrected chi connectivity index (χ3v) is 4.56. The van der Waals surface area contributed by atoms with Crippen molar-refractivity contribution in [1.82, 2.24) is 14.5 Å². The average Bonchev–Trinajstić information content (AvgIpc) is 2.93. The van der Waals surface area contributed by atoms with Gasteiger partial charge in [-0.15, -0.1) is 0 Å². The molecule has 0 bridgehead atoms. The van der Waals surface area contributed by atoms with E-state index in [0.29, 0.717) is 6.04 Å². The molecule has 1 aliphatic rings. The van der Waals surface area contributed by atoms with E-state index < -0.39 is 0 Å². The Kier molecular flexibility index (Phi) is 4.40. The monoisotopic (exact) mass is 364 g/mol. The maximum Gasteiger partial charge on any atom is 0.144 e. The number of likely N-dealkylation sites (N-methyl/N-ethyl adjacent to an activating group) is 1. The zero-order chi connectivity index (χ0) is 15.7. The Morgan fingerprint density at radius 3 is 2.77 bits per heavy atom. The summed E-state index contributed by atoms with van der Waals surface area (Å²) in [7, 11) is 3.89. The molecule has 0 amide bonds. The van der Waals surface area contributed by atoms with Crippen LogP contribution in [0.4, 0.5) is 5.69 Å². The van der Waals surface area contributed by atoms with Crippen molar-refractivity contribution in [2.24, 2.45) is 0 Å². The molecular weight excluding hydrogens is 344 g/mol. The summed E-state index contributed by atoms with van der Waals surface area (Å²) in [5.41, 5.74) is 2.20. The van der Waals surface area contributed by atoms with Crippen LogP contribution in [0.25, 0.3) is 5.69 Å². The predicted molar refractivity (Wildman–Crippen MR) is 92.1 cm³/mol. The lowest BCUT2D eigenvalue weighted by Gasteiger charge is -2.40. The Bertz CT molecular complexity index is 657. The average molecular weight is 365 g/mol. The molecule has 0 saturated carbocycles. The summed E-state index contributed by atoms with van der Waals surface area (Å²) in [6.07, 6.45) is 3.70. The summed E-state index contributed by atoms with van der Waals surface area (Å²) in [5, 5.41) is 0. The Morgan fingerprint density at radius 1 is 1.32 bits per heavy atom. The number of benzene rings is 1. The minimum atomic E-state index is 0.497. The number of anilines is 1. The van der Waals surface area contributed by atoms with E-state index in [0.717, 1.165) is 35.7 Å². The van der Waals surface area contributed by atoms with Crippen LogP contribution in [0.2, 0.25) is 0 Å². The van der Waals surface area contributed by atoms with Crippen molar-refractivity contribution in [3.05, 3.63) is 35.3 Å². The molecule has 0 unspecified atom stereocenters. The second kappa shape index (κ2) is 6.30. The van der Waals surface area contributed by atoms with Crippen LogP contribution in [0, 0.1) is 0 Å². The van der Waals surface area contributed by atoms with Gasteiger partial charge >= 0.3 is 0 Å². The summed E-state index contributed by atoms with van der Waals surface area (Å²) < 4.78 is 8.37. The first-order valence-corrected chi connectivity index (χ1v) is 8.21. The summed E-state index contributed by atoms with van der Waals surface area (Å²) >= 11 is 3.38. The number of aromatic nitrogens is 2. The number of hydrogen-bond acceptors (Lipinski definition) is 4. The van der Waals surface area contributed by atoms with Crippen molar-refractivity contribution in [2.75, 3.05) is 38.7 Å². The summed E-state index contributed by atoms with van der Waals surface area (Å²) in [6.45, 7) is 5.47. The van der Waals surface area contributed by atoms with Gasteiger partial charge in [-0.05, 0) is 42.0 Å². The van der Waals surface area contributed by atoms with Crippen molar-refractivity contribution in [1.29, 1.82) is 0 Å². The topological polar surface area (TPSA) is 33.5 Å². The van der Waals surface area contributed by atoms with Crippen molar-refractivity contribution >= 4 is 21.6 Å². The van der Waals surface area contributed by atoms with Crippen molar-refractivity contribution < 1.29 is 4.74 Å². The molecule has 0 aliphatic carbocycles. The molecule has 1 atom stereocenters. The second-order valence-electron chi connectivity index (χ2n) is 5.76. The van der Waals surface area contributed by atoms with Gasteiger partial charge in [0.2, 0.25) is 0 Å². The zero-order valence-corrected chi connectivity index (χ0v) is 14.7. The highest BCUT2D eigenvalue weighted by Crippen LogP contribution is 2.30. The maximum atomic E-state index is 5.60. The van der Waals surface area contributed by atoms with E-state index in [4.69, 9.17) is 4.74 Å². The number of piperazine rings is 1. The number of methoxy groups -OCH3 is 1. The van der Waals surface area contributed by atoms with Crippen LogP contribution in [-0.4, -0.2) is 54.3 Å². The number of hydrogen-bond donors (Lipinski definition) is 0. The Labute approximate surface area is 139 Å². The third-order valence-electron chi connectivity index (χ3n) is 4.15. The van der Waals surface area contributed by atoms with Gasteiger partial charge in [0, 0.05) is 43.6 Å². The second-order valence-corrected chi connectivity index (χ2v) is 6.58. The van der Waals surface area contributed by atoms with Crippen LogP contribution >= 0.6 is 15.9 Å². The molecule has 1 aromatic carbocycles. The first-order chi connectivity index (χ1) is 10.6. The largest absolute Gasteiger partial charge is 0.494 e. The minimum absolute atomic E-state index is 0.497. The van der Waals surface area contributed by atoms with Crippen molar-refractivity contribution in [3.8, 4) is 11.4 Å². The van der Waals surface area contributed by atoms with Crippen LogP contribution in [0.15, 0.2) is 35.3 Å². The van der Waals surface area contributed by atoms with E-state index in [1.165, 1.54) is 5.69 Å². The lowest BCUT2D eigenvalue weighted by atomic mass is 10.1. The summed E-state index contributed by atoms with van der Waals surface area (Å²) in [5.74, 6) is 0.855. The fourth-order valence-corrected chi connectivity index (χ4v) is 3.32. The minimum Gasteiger partial charge on any atom is -0.494 e. The van der Waals surface area contributed by atoms with Gasteiger partial charge in [0.15, 0.2) is 0 Å². The first kappa shape index (κ1) is 15.4. The highest BCUT2D eigenvalue weighted by atomic mass is 79.9. The fourth-order valence-electron chi connectivity index (χ4n) is 3.01. The smallest absolute Gasteiger partial charge is 0.144 e. The van der Waals surface area contributed by atoms with Gasteiger partial charge in [-0.3, -0.25) is 0 Å². The molecule has 2 heterocycles. The van der Waals surface area contributed by atoms with Gasteiger partial charge in [-0.2, -0.15) is 0 Å². The van der Waals surface area contributed by atoms with Crippen LogP contribution in [0.1, 0.15) is 6.92 Å². The molecule has 0 radical (unpaired) electrons. The van der Waals surface area contributed by atoms with Gasteiger partial charge in [0.05, 0.1) is 12.8 Å². The summed E-state index contributed by atoms with van der Waals surface area (Å²) in [4.78, 5) is 9.02. The lowest BCUT2D eigenvalue weighted by Crippen LogP contribution is -2.50. The van der Waals surface area contributed by atoms with Gasteiger partial charge < -0.3 is 19.1 Å². The molecule has 1 aromatic heterocycles. The highest BCUT2D eigenvalue weighted by molar-refractivity contribution is 9.10. The number of imidazole rings is 1. The molecule has 0 spiro atoms.